The molecule has 0 atom stereocenters. The van der Waals surface area contributed by atoms with Crippen molar-refractivity contribution in [2.45, 2.75) is 6.54 Å². The van der Waals surface area contributed by atoms with Crippen molar-refractivity contribution in [1.29, 1.82) is 0 Å². The van der Waals surface area contributed by atoms with Gasteiger partial charge in [-0.1, -0.05) is 18.2 Å². The number of nitrogens with one attached hydrogen (secondary N) is 2. The Labute approximate surface area is 171 Å². The highest BCUT2D eigenvalue weighted by atomic mass is 16.5. The number of rotatable bonds is 6. The minimum absolute atomic E-state index is 0.0400. The quantitative estimate of drug-likeness (QED) is 0.508. The zero-order chi connectivity index (χ0) is 21.1. The predicted octanol–water partition coefficient (Wildman–Crippen LogP) is 2.06. The summed E-state index contributed by atoms with van der Waals surface area (Å²) in [6.45, 7) is 0.0400. The van der Waals surface area contributed by atoms with Crippen LogP contribution in [0.2, 0.25) is 0 Å². The molecule has 2 aromatic heterocycles. The molecular weight excluding hydrogens is 386 g/mol. The number of nitrogens with zero attached hydrogens (tertiary/aromatic N) is 3. The van der Waals surface area contributed by atoms with Crippen LogP contribution in [0, 0.1) is 0 Å². The zero-order valence-electron chi connectivity index (χ0n) is 16.4. The van der Waals surface area contributed by atoms with Crippen LogP contribution in [0.5, 0.6) is 11.5 Å². The summed E-state index contributed by atoms with van der Waals surface area (Å²) in [4.78, 5) is 32.1. The number of aromatic nitrogens is 4. The molecule has 4 aromatic rings. The third-order valence-corrected chi connectivity index (χ3v) is 4.55. The first-order chi connectivity index (χ1) is 14.6. The van der Waals surface area contributed by atoms with Crippen LogP contribution in [-0.2, 0) is 6.54 Å². The van der Waals surface area contributed by atoms with E-state index in [4.69, 9.17) is 9.47 Å². The van der Waals surface area contributed by atoms with E-state index in [1.807, 2.05) is 30.3 Å². The third-order valence-electron chi connectivity index (χ3n) is 4.55. The van der Waals surface area contributed by atoms with E-state index in [0.29, 0.717) is 33.9 Å². The molecule has 4 rings (SSSR count). The highest BCUT2D eigenvalue weighted by Crippen LogP contribution is 2.27. The van der Waals surface area contributed by atoms with Crippen LogP contribution in [-0.4, -0.2) is 39.9 Å². The van der Waals surface area contributed by atoms with Crippen LogP contribution in [0.3, 0.4) is 0 Å². The van der Waals surface area contributed by atoms with E-state index in [2.05, 4.69) is 20.4 Å². The van der Waals surface area contributed by atoms with Crippen molar-refractivity contribution in [3.05, 3.63) is 76.5 Å². The van der Waals surface area contributed by atoms with Gasteiger partial charge in [0, 0.05) is 5.56 Å². The monoisotopic (exact) mass is 405 g/mol. The number of amides is 1. The fourth-order valence-electron chi connectivity index (χ4n) is 3.05. The predicted molar refractivity (Wildman–Crippen MR) is 110 cm³/mol. The van der Waals surface area contributed by atoms with Gasteiger partial charge >= 0.3 is 0 Å². The minimum atomic E-state index is -0.338. The number of methoxy groups -OCH3 is 2. The molecule has 0 radical (unpaired) electrons. The number of carbonyl (C=O) groups is 1. The summed E-state index contributed by atoms with van der Waals surface area (Å²) < 4.78 is 12.0. The van der Waals surface area contributed by atoms with Gasteiger partial charge in [-0.2, -0.15) is 5.10 Å². The van der Waals surface area contributed by atoms with Gasteiger partial charge in [0.1, 0.15) is 11.2 Å². The molecule has 152 valence electrons. The summed E-state index contributed by atoms with van der Waals surface area (Å²) >= 11 is 0. The summed E-state index contributed by atoms with van der Waals surface area (Å²) in [5, 5.41) is 7.39. The first-order valence-corrected chi connectivity index (χ1v) is 9.13. The maximum Gasteiger partial charge on any atom is 0.262 e. The largest absolute Gasteiger partial charge is 0.493 e. The van der Waals surface area contributed by atoms with Gasteiger partial charge in [0.15, 0.2) is 17.1 Å². The topological polar surface area (TPSA) is 111 Å². The van der Waals surface area contributed by atoms with Gasteiger partial charge in [-0.15, -0.1) is 0 Å². The third kappa shape index (κ3) is 3.60. The van der Waals surface area contributed by atoms with E-state index in [9.17, 15) is 9.59 Å². The average Bonchev–Trinajstić information content (AvgIpc) is 3.22. The first-order valence-electron chi connectivity index (χ1n) is 9.13. The van der Waals surface area contributed by atoms with E-state index in [1.165, 1.54) is 20.4 Å². The number of ether oxygens (including phenoxy) is 2. The fourth-order valence-corrected chi connectivity index (χ4v) is 3.05. The number of para-hydroxylation sites is 1. The second-order valence-electron chi connectivity index (χ2n) is 6.39. The van der Waals surface area contributed by atoms with Crippen LogP contribution >= 0.6 is 0 Å². The molecule has 0 aliphatic rings. The van der Waals surface area contributed by atoms with Crippen molar-refractivity contribution in [3.63, 3.8) is 0 Å². The van der Waals surface area contributed by atoms with Crippen molar-refractivity contribution in [3.8, 4) is 17.2 Å². The van der Waals surface area contributed by atoms with Crippen LogP contribution in [0.1, 0.15) is 16.2 Å². The molecule has 0 saturated carbocycles. The maximum atomic E-state index is 12.5. The lowest BCUT2D eigenvalue weighted by molar-refractivity contribution is 0.0949. The Bertz CT molecular complexity index is 1260. The van der Waals surface area contributed by atoms with Crippen molar-refractivity contribution in [2.75, 3.05) is 14.2 Å². The van der Waals surface area contributed by atoms with E-state index < -0.39 is 0 Å². The van der Waals surface area contributed by atoms with E-state index in [-0.39, 0.29) is 18.0 Å². The van der Waals surface area contributed by atoms with Gasteiger partial charge in [0.05, 0.1) is 32.6 Å². The van der Waals surface area contributed by atoms with Crippen molar-refractivity contribution in [2.24, 2.45) is 0 Å². The number of aromatic amines is 1. The Morgan fingerprint density at radius 1 is 1.10 bits per heavy atom. The summed E-state index contributed by atoms with van der Waals surface area (Å²) in [7, 11) is 3.02. The van der Waals surface area contributed by atoms with E-state index in [0.717, 1.165) is 5.69 Å². The lowest BCUT2D eigenvalue weighted by Gasteiger charge is -2.10. The Balaban J connectivity index is 1.59. The van der Waals surface area contributed by atoms with E-state index in [1.54, 1.807) is 22.9 Å². The van der Waals surface area contributed by atoms with Crippen LogP contribution in [0.25, 0.3) is 16.7 Å². The van der Waals surface area contributed by atoms with Gasteiger partial charge < -0.3 is 19.8 Å². The molecule has 1 amide bonds. The molecule has 0 spiro atoms. The van der Waals surface area contributed by atoms with Crippen molar-refractivity contribution in [1.82, 2.24) is 25.1 Å². The number of carbonyl (C=O) groups excluding carboxylic acids is 1. The Morgan fingerprint density at radius 3 is 2.60 bits per heavy atom. The molecule has 2 N–H and O–H groups in total. The summed E-state index contributed by atoms with van der Waals surface area (Å²) in [5.41, 5.74) is 1.27. The van der Waals surface area contributed by atoms with Crippen molar-refractivity contribution >= 4 is 16.9 Å². The van der Waals surface area contributed by atoms with Crippen molar-refractivity contribution < 1.29 is 14.3 Å². The molecule has 0 fully saturated rings. The molecule has 0 bridgehead atoms. The standard InChI is InChI=1S/C21H19N5O4/c1-29-16-9-8-13(10-17(16)30-2)20(27)22-12-18-24-19-15(21(28)25-18)11-23-26(19)14-6-4-3-5-7-14/h3-11H,12H2,1-2H3,(H,22,27)(H,24,25,28). The van der Waals surface area contributed by atoms with Gasteiger partial charge in [-0.25, -0.2) is 9.67 Å². The van der Waals surface area contributed by atoms with Crippen LogP contribution < -0.4 is 20.3 Å². The summed E-state index contributed by atoms with van der Waals surface area (Å²) in [6.07, 6.45) is 1.47. The Morgan fingerprint density at radius 2 is 1.87 bits per heavy atom. The number of H-pyrrole nitrogens is 1. The van der Waals surface area contributed by atoms with E-state index >= 15 is 0 Å². The first kappa shape index (κ1) is 19.2. The summed E-state index contributed by atoms with van der Waals surface area (Å²) in [6, 6.07) is 14.2. The normalized spacial score (nSPS) is 10.7. The number of hydrogen-bond donors (Lipinski definition) is 2. The molecule has 2 heterocycles. The minimum Gasteiger partial charge on any atom is -0.493 e. The molecule has 9 nitrogen and oxygen atoms in total. The SMILES string of the molecule is COc1ccc(C(=O)NCc2nc3c(cnn3-c3ccccc3)c(=O)[nH]2)cc1OC. The lowest BCUT2D eigenvalue weighted by Crippen LogP contribution is -2.25. The molecule has 2 aromatic carbocycles. The maximum absolute atomic E-state index is 12.5. The second kappa shape index (κ2) is 8.08. The highest BCUT2D eigenvalue weighted by Gasteiger charge is 2.14. The smallest absolute Gasteiger partial charge is 0.262 e. The molecule has 30 heavy (non-hydrogen) atoms. The fraction of sp³-hybridized carbons (Fsp3) is 0.143. The van der Waals surface area contributed by atoms with Gasteiger partial charge in [0.25, 0.3) is 11.5 Å². The Kier molecular flexibility index (Phi) is 5.17. The zero-order valence-corrected chi connectivity index (χ0v) is 16.4. The number of benzene rings is 2. The summed E-state index contributed by atoms with van der Waals surface area (Å²) in [5.74, 6) is 0.957. The number of hydrogen-bond acceptors (Lipinski definition) is 6. The van der Waals surface area contributed by atoms with Gasteiger partial charge in [0.2, 0.25) is 0 Å². The Hall–Kier alpha value is -4.14. The average molecular weight is 405 g/mol. The lowest BCUT2D eigenvalue weighted by atomic mass is 10.2. The van der Waals surface area contributed by atoms with Gasteiger partial charge in [-0.05, 0) is 30.3 Å². The molecular formula is C21H19N5O4. The van der Waals surface area contributed by atoms with Crippen LogP contribution in [0.4, 0.5) is 0 Å². The molecule has 0 saturated heterocycles. The van der Waals surface area contributed by atoms with Crippen LogP contribution in [0.15, 0.2) is 59.5 Å². The molecule has 0 aliphatic heterocycles. The molecule has 9 heteroatoms. The van der Waals surface area contributed by atoms with Gasteiger partial charge in [-0.3, -0.25) is 9.59 Å². The second-order valence-corrected chi connectivity index (χ2v) is 6.39. The number of fused-ring (bicyclic) bond motifs is 1. The molecule has 0 aliphatic carbocycles. The molecule has 0 unspecified atom stereocenters. The highest BCUT2D eigenvalue weighted by molar-refractivity contribution is 5.94.